The number of amides is 2. The van der Waals surface area contributed by atoms with Crippen molar-refractivity contribution in [1.29, 1.82) is 5.41 Å². The van der Waals surface area contributed by atoms with Crippen molar-refractivity contribution in [3.05, 3.63) is 70.9 Å². The zero-order valence-electron chi connectivity index (χ0n) is 24.1. The third-order valence-electron chi connectivity index (χ3n) is 6.36. The fraction of sp³-hybridized carbons (Fsp3) is 0.419. The average molecular weight is 568 g/mol. The van der Waals surface area contributed by atoms with Crippen LogP contribution in [0.25, 0.3) is 0 Å². The number of pyridine rings is 1. The summed E-state index contributed by atoms with van der Waals surface area (Å²) in [6.45, 7) is 7.81. The SMILES string of the molecule is C/C=C(\CCC/C=C\CC(=N)N1CCCCC1)C(=O)Nc1ccc(OC)cc1C(=O)Nc1ccc(Cl)cn1.CC. The van der Waals surface area contributed by atoms with Gasteiger partial charge in [-0.25, -0.2) is 4.98 Å². The van der Waals surface area contributed by atoms with Gasteiger partial charge in [0.1, 0.15) is 11.6 Å². The Kier molecular flexibility index (Phi) is 14.5. The number of nitrogens with zero attached hydrogens (tertiary/aromatic N) is 2. The van der Waals surface area contributed by atoms with Crippen LogP contribution in [0.1, 0.15) is 76.1 Å². The van der Waals surface area contributed by atoms with Crippen LogP contribution in [0.5, 0.6) is 5.75 Å². The lowest BCUT2D eigenvalue weighted by molar-refractivity contribution is -0.113. The molecule has 1 saturated heterocycles. The lowest BCUT2D eigenvalue weighted by Crippen LogP contribution is -2.34. The summed E-state index contributed by atoms with van der Waals surface area (Å²) in [4.78, 5) is 32.3. The van der Waals surface area contributed by atoms with E-state index in [0.717, 1.165) is 25.9 Å². The number of likely N-dealkylation sites (tertiary alicyclic amines) is 1. The van der Waals surface area contributed by atoms with Crippen molar-refractivity contribution >= 4 is 40.8 Å². The number of methoxy groups -OCH3 is 1. The van der Waals surface area contributed by atoms with E-state index in [-0.39, 0.29) is 11.5 Å². The average Bonchev–Trinajstić information content (AvgIpc) is 2.99. The number of hydrogen-bond donors (Lipinski definition) is 3. The molecule has 2 heterocycles. The smallest absolute Gasteiger partial charge is 0.259 e. The van der Waals surface area contributed by atoms with Crippen LogP contribution in [-0.4, -0.2) is 47.7 Å². The van der Waals surface area contributed by atoms with E-state index in [1.165, 1.54) is 32.6 Å². The first-order valence-corrected chi connectivity index (χ1v) is 14.3. The fourth-order valence-electron chi connectivity index (χ4n) is 4.19. The topological polar surface area (TPSA) is 107 Å². The van der Waals surface area contributed by atoms with E-state index >= 15 is 0 Å². The molecule has 8 nitrogen and oxygen atoms in total. The summed E-state index contributed by atoms with van der Waals surface area (Å²) in [5, 5.41) is 14.3. The molecule has 0 spiro atoms. The molecule has 216 valence electrons. The summed E-state index contributed by atoms with van der Waals surface area (Å²) < 4.78 is 5.27. The van der Waals surface area contributed by atoms with E-state index in [1.807, 2.05) is 26.8 Å². The van der Waals surface area contributed by atoms with E-state index in [1.54, 1.807) is 36.4 Å². The molecular formula is C31H42ClN5O3. The Morgan fingerprint density at radius 1 is 1.10 bits per heavy atom. The molecule has 0 bridgehead atoms. The summed E-state index contributed by atoms with van der Waals surface area (Å²) in [5.41, 5.74) is 1.27. The second-order valence-corrected chi connectivity index (χ2v) is 9.49. The second-order valence-electron chi connectivity index (χ2n) is 9.06. The second kappa shape index (κ2) is 17.8. The molecule has 40 heavy (non-hydrogen) atoms. The van der Waals surface area contributed by atoms with Crippen LogP contribution in [0.4, 0.5) is 11.5 Å². The number of benzene rings is 1. The molecule has 0 aliphatic carbocycles. The number of hydrogen-bond acceptors (Lipinski definition) is 5. The molecule has 2 amide bonds. The summed E-state index contributed by atoms with van der Waals surface area (Å²) >= 11 is 5.88. The van der Waals surface area contributed by atoms with Gasteiger partial charge in [0.05, 0.1) is 29.2 Å². The minimum absolute atomic E-state index is 0.254. The van der Waals surface area contributed by atoms with Gasteiger partial charge in [0, 0.05) is 31.3 Å². The molecule has 0 atom stereocenters. The highest BCUT2D eigenvalue weighted by Gasteiger charge is 2.17. The molecule has 0 saturated carbocycles. The lowest BCUT2D eigenvalue weighted by Gasteiger charge is -2.28. The van der Waals surface area contributed by atoms with E-state index in [9.17, 15) is 9.59 Å². The van der Waals surface area contributed by atoms with Crippen LogP contribution < -0.4 is 15.4 Å². The Labute approximate surface area is 243 Å². The Bertz CT molecular complexity index is 1170. The van der Waals surface area contributed by atoms with Crippen molar-refractivity contribution in [2.24, 2.45) is 0 Å². The van der Waals surface area contributed by atoms with Crippen LogP contribution in [0, 0.1) is 5.41 Å². The van der Waals surface area contributed by atoms with Crippen LogP contribution in [0.2, 0.25) is 5.02 Å². The molecule has 0 unspecified atom stereocenters. The Balaban J connectivity index is 0.00000274. The first kappa shape index (κ1) is 32.6. The van der Waals surface area contributed by atoms with Crippen molar-refractivity contribution in [1.82, 2.24) is 9.88 Å². The van der Waals surface area contributed by atoms with E-state index in [0.29, 0.717) is 46.5 Å². The number of unbranched alkanes of at least 4 members (excludes halogenated alkanes) is 1. The number of anilines is 2. The van der Waals surface area contributed by atoms with Gasteiger partial charge in [0.2, 0.25) is 0 Å². The number of aromatic nitrogens is 1. The largest absolute Gasteiger partial charge is 0.497 e. The van der Waals surface area contributed by atoms with Crippen LogP contribution in [0.3, 0.4) is 0 Å². The lowest BCUT2D eigenvalue weighted by atomic mass is 10.1. The Morgan fingerprint density at radius 3 is 2.50 bits per heavy atom. The van der Waals surface area contributed by atoms with Gasteiger partial charge in [-0.1, -0.05) is 43.7 Å². The number of carbonyl (C=O) groups is 2. The highest BCUT2D eigenvalue weighted by atomic mass is 35.5. The molecule has 0 radical (unpaired) electrons. The summed E-state index contributed by atoms with van der Waals surface area (Å²) in [6.07, 6.45) is 13.8. The number of carbonyl (C=O) groups excluding carboxylic acids is 2. The standard InChI is InChI=1S/C29H36ClN5O3.C2H6/c1-3-21(11-7-4-5-8-12-26(31)35-17-9-6-10-18-35)28(36)33-25-15-14-23(38-2)19-24(25)29(37)34-27-16-13-22(30)20-32-27;1-2/h3,5,8,13-16,19-20,31H,4,6-7,9-12,17-18H2,1-2H3,(H,33,36)(H,32,34,37);1-2H3/b8-5-,21-3+,31-26?;. The quantitative estimate of drug-likeness (QED) is 0.0857. The van der Waals surface area contributed by atoms with Crippen LogP contribution in [0.15, 0.2) is 60.3 Å². The summed E-state index contributed by atoms with van der Waals surface area (Å²) in [7, 11) is 1.51. The first-order chi connectivity index (χ1) is 19.4. The third-order valence-corrected chi connectivity index (χ3v) is 6.58. The Hall–Kier alpha value is -3.65. The molecular weight excluding hydrogens is 526 g/mol. The van der Waals surface area contributed by atoms with Gasteiger partial charge < -0.3 is 20.3 Å². The van der Waals surface area contributed by atoms with Gasteiger partial charge in [-0.15, -0.1) is 0 Å². The van der Waals surface area contributed by atoms with Gasteiger partial charge in [-0.2, -0.15) is 0 Å². The zero-order chi connectivity index (χ0) is 29.3. The predicted molar refractivity (Wildman–Crippen MR) is 165 cm³/mol. The normalized spacial score (nSPS) is 13.3. The van der Waals surface area contributed by atoms with Crippen molar-refractivity contribution in [2.75, 3.05) is 30.8 Å². The fourth-order valence-corrected chi connectivity index (χ4v) is 4.30. The minimum Gasteiger partial charge on any atom is -0.497 e. The number of amidine groups is 1. The van der Waals surface area contributed by atoms with Crippen molar-refractivity contribution in [3.63, 3.8) is 0 Å². The molecule has 9 heteroatoms. The molecule has 2 aromatic rings. The number of halogens is 1. The summed E-state index contributed by atoms with van der Waals surface area (Å²) in [6, 6.07) is 8.14. The maximum absolute atomic E-state index is 13.0. The zero-order valence-corrected chi connectivity index (χ0v) is 24.8. The van der Waals surface area contributed by atoms with Crippen molar-refractivity contribution < 1.29 is 14.3 Å². The number of nitrogens with one attached hydrogen (secondary N) is 3. The maximum Gasteiger partial charge on any atom is 0.259 e. The monoisotopic (exact) mass is 567 g/mol. The van der Waals surface area contributed by atoms with Gasteiger partial charge in [0.15, 0.2) is 0 Å². The van der Waals surface area contributed by atoms with Crippen molar-refractivity contribution in [3.8, 4) is 5.75 Å². The number of piperidine rings is 1. The number of rotatable bonds is 11. The van der Waals surface area contributed by atoms with Gasteiger partial charge in [-0.3, -0.25) is 15.0 Å². The molecule has 3 rings (SSSR count). The third kappa shape index (κ3) is 10.5. The molecule has 1 fully saturated rings. The molecule has 1 aromatic heterocycles. The molecule has 1 aliphatic rings. The van der Waals surface area contributed by atoms with Gasteiger partial charge in [-0.05, 0) is 75.8 Å². The maximum atomic E-state index is 13.0. The predicted octanol–water partition coefficient (Wildman–Crippen LogP) is 7.49. The van der Waals surface area contributed by atoms with Gasteiger partial charge >= 0.3 is 0 Å². The highest BCUT2D eigenvalue weighted by molar-refractivity contribution is 6.30. The highest BCUT2D eigenvalue weighted by Crippen LogP contribution is 2.24. The van der Waals surface area contributed by atoms with Crippen LogP contribution in [-0.2, 0) is 4.79 Å². The van der Waals surface area contributed by atoms with Crippen LogP contribution >= 0.6 is 11.6 Å². The molecule has 1 aromatic carbocycles. The van der Waals surface area contributed by atoms with E-state index in [4.69, 9.17) is 21.7 Å². The molecule has 3 N–H and O–H groups in total. The Morgan fingerprint density at radius 2 is 1.85 bits per heavy atom. The van der Waals surface area contributed by atoms with E-state index < -0.39 is 5.91 Å². The number of ether oxygens (including phenoxy) is 1. The van der Waals surface area contributed by atoms with E-state index in [2.05, 4.69) is 26.6 Å². The summed E-state index contributed by atoms with van der Waals surface area (Å²) in [5.74, 6) is 0.820. The van der Waals surface area contributed by atoms with Crippen molar-refractivity contribution in [2.45, 2.75) is 65.7 Å². The first-order valence-electron chi connectivity index (χ1n) is 14.0. The minimum atomic E-state index is -0.434. The van der Waals surface area contributed by atoms with Gasteiger partial charge in [0.25, 0.3) is 11.8 Å². The molecule has 1 aliphatic heterocycles. The number of allylic oxidation sites excluding steroid dienone is 2.